The van der Waals surface area contributed by atoms with Crippen LogP contribution in [0.5, 0.6) is 0 Å². The van der Waals surface area contributed by atoms with Gasteiger partial charge in [0.25, 0.3) is 0 Å². The Morgan fingerprint density at radius 3 is 2.48 bits per heavy atom. The van der Waals surface area contributed by atoms with Crippen molar-refractivity contribution in [2.45, 2.75) is 50.7 Å². The standard InChI is InChI=1S/C23H28FN3/c1-2-16-3-8-20(25-13-16)14-27-15-21(17-4-6-19(24)7-5-17)23-22(27)18-9-11-26(23)12-10-18/h3-8,13,18,21-23H,2,9-12,14-15H2,1H3/t21-,22+,23+/m1/s1. The van der Waals surface area contributed by atoms with E-state index >= 15 is 0 Å². The lowest BCUT2D eigenvalue weighted by Gasteiger charge is -2.51. The molecule has 4 aliphatic heterocycles. The number of rotatable bonds is 4. The molecule has 4 fully saturated rings. The van der Waals surface area contributed by atoms with Crippen molar-refractivity contribution >= 4 is 0 Å². The predicted octanol–water partition coefficient (Wildman–Crippen LogP) is 3.85. The lowest BCUT2D eigenvalue weighted by molar-refractivity contribution is -0.00898. The Bertz CT molecular complexity index is 780. The minimum absolute atomic E-state index is 0.143. The molecule has 0 amide bonds. The van der Waals surface area contributed by atoms with E-state index in [0.29, 0.717) is 18.0 Å². The van der Waals surface area contributed by atoms with E-state index in [9.17, 15) is 4.39 Å². The highest BCUT2D eigenvalue weighted by molar-refractivity contribution is 5.28. The van der Waals surface area contributed by atoms with Gasteiger partial charge in [-0.25, -0.2) is 4.39 Å². The van der Waals surface area contributed by atoms with Crippen LogP contribution in [0.25, 0.3) is 0 Å². The average Bonchev–Trinajstić information content (AvgIpc) is 3.11. The third-order valence-electron chi connectivity index (χ3n) is 7.05. The highest BCUT2D eigenvalue weighted by Crippen LogP contribution is 2.46. The summed E-state index contributed by atoms with van der Waals surface area (Å²) in [5.41, 5.74) is 3.75. The molecule has 4 saturated heterocycles. The van der Waals surface area contributed by atoms with Crippen LogP contribution in [0.4, 0.5) is 4.39 Å². The molecule has 4 aliphatic rings. The van der Waals surface area contributed by atoms with E-state index in [0.717, 1.165) is 25.4 Å². The van der Waals surface area contributed by atoms with Crippen molar-refractivity contribution in [3.8, 4) is 0 Å². The number of nitrogens with zero attached hydrogens (tertiary/aromatic N) is 3. The lowest BCUT2D eigenvalue weighted by atomic mass is 9.75. The second-order valence-electron chi connectivity index (χ2n) is 8.45. The van der Waals surface area contributed by atoms with Gasteiger partial charge in [-0.3, -0.25) is 14.8 Å². The third-order valence-corrected chi connectivity index (χ3v) is 7.05. The number of hydrogen-bond donors (Lipinski definition) is 0. The van der Waals surface area contributed by atoms with E-state index < -0.39 is 0 Å². The first-order chi connectivity index (χ1) is 13.2. The van der Waals surface area contributed by atoms with Crippen LogP contribution in [0.1, 0.15) is 42.5 Å². The second kappa shape index (κ2) is 6.99. The van der Waals surface area contributed by atoms with E-state index in [1.807, 2.05) is 18.3 Å². The van der Waals surface area contributed by atoms with Crippen molar-refractivity contribution in [1.82, 2.24) is 14.8 Å². The third kappa shape index (κ3) is 3.09. The zero-order valence-electron chi connectivity index (χ0n) is 16.0. The highest BCUT2D eigenvalue weighted by Gasteiger charge is 2.53. The number of likely N-dealkylation sites (tertiary alicyclic amines) is 1. The molecule has 0 radical (unpaired) electrons. The van der Waals surface area contributed by atoms with Gasteiger partial charge < -0.3 is 0 Å². The van der Waals surface area contributed by atoms with Crippen LogP contribution in [0.15, 0.2) is 42.6 Å². The van der Waals surface area contributed by atoms with Gasteiger partial charge in [0.05, 0.1) is 5.69 Å². The molecule has 6 rings (SSSR count). The Morgan fingerprint density at radius 2 is 1.81 bits per heavy atom. The molecule has 0 saturated carbocycles. The molecular formula is C23H28FN3. The Hall–Kier alpha value is -1.78. The van der Waals surface area contributed by atoms with Crippen LogP contribution >= 0.6 is 0 Å². The van der Waals surface area contributed by atoms with Crippen molar-refractivity contribution in [2.75, 3.05) is 19.6 Å². The summed E-state index contributed by atoms with van der Waals surface area (Å²) in [7, 11) is 0. The molecule has 4 heteroatoms. The summed E-state index contributed by atoms with van der Waals surface area (Å²) >= 11 is 0. The second-order valence-corrected chi connectivity index (χ2v) is 8.45. The zero-order chi connectivity index (χ0) is 18.4. The first-order valence-corrected chi connectivity index (χ1v) is 10.4. The maximum absolute atomic E-state index is 13.5. The molecule has 5 heterocycles. The highest BCUT2D eigenvalue weighted by atomic mass is 19.1. The number of benzene rings is 1. The fraction of sp³-hybridized carbons (Fsp3) is 0.522. The van der Waals surface area contributed by atoms with Crippen LogP contribution in [-0.4, -0.2) is 46.5 Å². The van der Waals surface area contributed by atoms with Gasteiger partial charge in [0, 0.05) is 37.3 Å². The van der Waals surface area contributed by atoms with Crippen molar-refractivity contribution in [2.24, 2.45) is 5.92 Å². The van der Waals surface area contributed by atoms with Gasteiger partial charge in [0.15, 0.2) is 0 Å². The first-order valence-electron chi connectivity index (χ1n) is 10.4. The van der Waals surface area contributed by atoms with E-state index in [2.05, 4.69) is 28.9 Å². The Morgan fingerprint density at radius 1 is 1.04 bits per heavy atom. The molecule has 1 aromatic carbocycles. The fourth-order valence-corrected chi connectivity index (χ4v) is 5.69. The SMILES string of the molecule is CCc1ccc(CN2C[C@H](c3ccc(F)cc3)[C@H]3[C@@H]2C2CCN3CC2)nc1. The molecule has 142 valence electrons. The molecule has 1 aromatic heterocycles. The minimum Gasteiger partial charge on any atom is -0.298 e. The molecule has 3 atom stereocenters. The molecule has 27 heavy (non-hydrogen) atoms. The van der Waals surface area contributed by atoms with Crippen LogP contribution in [0, 0.1) is 11.7 Å². The van der Waals surface area contributed by atoms with E-state index in [1.165, 1.54) is 42.8 Å². The maximum Gasteiger partial charge on any atom is 0.123 e. The summed E-state index contributed by atoms with van der Waals surface area (Å²) in [5.74, 6) is 1.12. The summed E-state index contributed by atoms with van der Waals surface area (Å²) in [6, 6.07) is 12.8. The van der Waals surface area contributed by atoms with Crippen molar-refractivity contribution in [3.05, 3.63) is 65.2 Å². The maximum atomic E-state index is 13.5. The quantitative estimate of drug-likeness (QED) is 0.821. The summed E-state index contributed by atoms with van der Waals surface area (Å²) in [6.45, 7) is 6.59. The van der Waals surface area contributed by atoms with Crippen molar-refractivity contribution in [3.63, 3.8) is 0 Å². The Labute approximate surface area is 161 Å². The summed E-state index contributed by atoms with van der Waals surface area (Å²) in [5, 5.41) is 0. The van der Waals surface area contributed by atoms with Gasteiger partial charge in [-0.15, -0.1) is 0 Å². The lowest BCUT2D eigenvalue weighted by Crippen LogP contribution is -2.60. The molecule has 2 aromatic rings. The smallest absolute Gasteiger partial charge is 0.123 e. The van der Waals surface area contributed by atoms with Gasteiger partial charge in [-0.1, -0.05) is 25.1 Å². The Kier molecular flexibility index (Phi) is 4.49. The van der Waals surface area contributed by atoms with Crippen LogP contribution in [-0.2, 0) is 13.0 Å². The molecule has 2 bridgehead atoms. The van der Waals surface area contributed by atoms with Gasteiger partial charge in [0.1, 0.15) is 5.82 Å². The zero-order valence-corrected chi connectivity index (χ0v) is 16.0. The van der Waals surface area contributed by atoms with Gasteiger partial charge in [0.2, 0.25) is 0 Å². The Balaban J connectivity index is 1.43. The number of aryl methyl sites for hydroxylation is 1. The molecule has 0 N–H and O–H groups in total. The average molecular weight is 365 g/mol. The molecule has 3 nitrogen and oxygen atoms in total. The number of pyridine rings is 1. The normalized spacial score (nSPS) is 32.6. The van der Waals surface area contributed by atoms with Crippen LogP contribution < -0.4 is 0 Å². The summed E-state index contributed by atoms with van der Waals surface area (Å²) in [4.78, 5) is 10.1. The minimum atomic E-state index is -0.143. The largest absolute Gasteiger partial charge is 0.298 e. The van der Waals surface area contributed by atoms with Crippen molar-refractivity contribution < 1.29 is 4.39 Å². The predicted molar refractivity (Wildman–Crippen MR) is 105 cm³/mol. The summed E-state index contributed by atoms with van der Waals surface area (Å²) < 4.78 is 13.5. The number of piperidine rings is 3. The topological polar surface area (TPSA) is 19.4 Å². The molecule has 0 unspecified atom stereocenters. The molecular weight excluding hydrogens is 337 g/mol. The fourth-order valence-electron chi connectivity index (χ4n) is 5.69. The van der Waals surface area contributed by atoms with Crippen LogP contribution in [0.2, 0.25) is 0 Å². The first kappa shape index (κ1) is 17.3. The number of fused-ring (bicyclic) bond motifs is 2. The number of aromatic nitrogens is 1. The van der Waals surface area contributed by atoms with E-state index in [1.54, 1.807) is 12.1 Å². The van der Waals surface area contributed by atoms with E-state index in [-0.39, 0.29) is 5.82 Å². The van der Waals surface area contributed by atoms with Crippen LogP contribution in [0.3, 0.4) is 0 Å². The number of halogens is 1. The summed E-state index contributed by atoms with van der Waals surface area (Å²) in [6.07, 6.45) is 5.69. The molecule has 0 aliphatic carbocycles. The number of hydrogen-bond acceptors (Lipinski definition) is 3. The molecule has 0 spiro atoms. The van der Waals surface area contributed by atoms with Crippen molar-refractivity contribution in [1.29, 1.82) is 0 Å². The van der Waals surface area contributed by atoms with Gasteiger partial charge in [-0.05, 0) is 67.6 Å². The van der Waals surface area contributed by atoms with Gasteiger partial charge >= 0.3 is 0 Å². The van der Waals surface area contributed by atoms with E-state index in [4.69, 9.17) is 4.98 Å². The monoisotopic (exact) mass is 365 g/mol. The van der Waals surface area contributed by atoms with Gasteiger partial charge in [-0.2, -0.15) is 0 Å².